The van der Waals surface area contributed by atoms with E-state index in [4.69, 9.17) is 10.5 Å². The Morgan fingerprint density at radius 3 is 2.91 bits per heavy atom. The van der Waals surface area contributed by atoms with E-state index in [0.717, 1.165) is 4.47 Å². The molecule has 3 atom stereocenters. The van der Waals surface area contributed by atoms with Gasteiger partial charge in [0.1, 0.15) is 27.6 Å². The zero-order chi connectivity index (χ0) is 16.5. The van der Waals surface area contributed by atoms with Gasteiger partial charge in [-0.25, -0.2) is 13.6 Å². The number of nitrogens with two attached hydrogens (primary N) is 1. The van der Waals surface area contributed by atoms with Crippen LogP contribution >= 0.6 is 15.9 Å². The molecule has 8 heteroatoms. The smallest absolute Gasteiger partial charge is 0.204 e. The molecule has 122 valence electrons. The number of halogens is 2. The van der Waals surface area contributed by atoms with E-state index in [1.807, 2.05) is 13.8 Å². The average molecular weight is 392 g/mol. The van der Waals surface area contributed by atoms with Crippen molar-refractivity contribution in [2.24, 2.45) is 10.7 Å². The maximum absolute atomic E-state index is 14.2. The molecule has 1 aromatic carbocycles. The van der Waals surface area contributed by atoms with E-state index in [9.17, 15) is 8.60 Å². The Morgan fingerprint density at radius 1 is 1.55 bits per heavy atom. The number of ether oxygens (including phenoxy) is 1. The second kappa shape index (κ2) is 6.64. The van der Waals surface area contributed by atoms with Crippen molar-refractivity contribution < 1.29 is 13.3 Å². The van der Waals surface area contributed by atoms with Crippen LogP contribution in [0, 0.1) is 5.82 Å². The van der Waals surface area contributed by atoms with Crippen molar-refractivity contribution in [3.8, 4) is 0 Å². The summed E-state index contributed by atoms with van der Waals surface area (Å²) in [6.07, 6.45) is 0. The van der Waals surface area contributed by atoms with Crippen molar-refractivity contribution >= 4 is 32.9 Å². The Hall–Kier alpha value is -0.990. The van der Waals surface area contributed by atoms with E-state index in [2.05, 4.69) is 20.9 Å². The molecule has 2 N–H and O–H groups in total. The fourth-order valence-corrected chi connectivity index (χ4v) is 4.34. The van der Waals surface area contributed by atoms with Gasteiger partial charge >= 0.3 is 0 Å². The van der Waals surface area contributed by atoms with E-state index in [1.54, 1.807) is 19.2 Å². The molecule has 22 heavy (non-hydrogen) atoms. The van der Waals surface area contributed by atoms with Crippen LogP contribution < -0.4 is 5.73 Å². The molecule has 5 nitrogen and oxygen atoms in total. The van der Waals surface area contributed by atoms with Gasteiger partial charge in [0.05, 0.1) is 13.2 Å². The first-order valence-electron chi connectivity index (χ1n) is 6.99. The molecule has 0 saturated carbocycles. The Balaban J connectivity index is 0.000000847. The first-order chi connectivity index (χ1) is 10.5. The van der Waals surface area contributed by atoms with Gasteiger partial charge in [-0.3, -0.25) is 4.31 Å². The predicted octanol–water partition coefficient (Wildman–Crippen LogP) is 2.13. The monoisotopic (exact) mass is 391 g/mol. The van der Waals surface area contributed by atoms with Gasteiger partial charge < -0.3 is 10.5 Å². The van der Waals surface area contributed by atoms with Crippen LogP contribution in [-0.2, 0) is 21.3 Å². The second-order valence-electron chi connectivity index (χ2n) is 4.80. The quantitative estimate of drug-likeness (QED) is 0.796. The Labute approximate surface area is 140 Å². The van der Waals surface area contributed by atoms with E-state index in [0.29, 0.717) is 5.56 Å². The lowest BCUT2D eigenvalue weighted by molar-refractivity contribution is 0.178. The van der Waals surface area contributed by atoms with Gasteiger partial charge in [-0.1, -0.05) is 29.8 Å². The van der Waals surface area contributed by atoms with Crippen LogP contribution in [-0.4, -0.2) is 40.0 Å². The zero-order valence-corrected chi connectivity index (χ0v) is 15.1. The topological polar surface area (TPSA) is 67.9 Å². The second-order valence-corrected chi connectivity index (χ2v) is 7.38. The summed E-state index contributed by atoms with van der Waals surface area (Å²) in [6, 6.07) is 4.62. The number of hydrogen-bond acceptors (Lipinski definition) is 4. The first-order valence-corrected chi connectivity index (χ1v) is 8.95. The number of benzene rings is 1. The lowest BCUT2D eigenvalue weighted by Crippen LogP contribution is -2.54. The van der Waals surface area contributed by atoms with E-state index >= 15 is 0 Å². The Bertz CT molecular complexity index is 628. The zero-order valence-electron chi connectivity index (χ0n) is 12.7. The van der Waals surface area contributed by atoms with Crippen molar-refractivity contribution in [3.63, 3.8) is 0 Å². The van der Waals surface area contributed by atoms with Crippen LogP contribution in [0.2, 0.25) is 0 Å². The lowest BCUT2D eigenvalue weighted by atomic mass is 9.89. The molecule has 0 bridgehead atoms. The van der Waals surface area contributed by atoms with Gasteiger partial charge in [0.25, 0.3) is 0 Å². The van der Waals surface area contributed by atoms with Crippen molar-refractivity contribution in [1.82, 2.24) is 4.31 Å². The molecule has 0 aromatic heterocycles. The highest BCUT2D eigenvalue weighted by Gasteiger charge is 2.54. The number of guanidine groups is 1. The van der Waals surface area contributed by atoms with Crippen molar-refractivity contribution in [2.75, 3.05) is 20.3 Å². The number of hydrogen-bond donors (Lipinski definition) is 1. The molecule has 0 radical (unpaired) electrons. The highest BCUT2D eigenvalue weighted by atomic mass is 79.9. The Kier molecular flexibility index (Phi) is 5.24. The highest BCUT2D eigenvalue weighted by molar-refractivity contribution is 9.10. The normalized spacial score (nSPS) is 30.2. The standard InChI is InChI=1S/C12H13BrFN3O2S.C2H6/c1-17-11(15)16-12(6-19-5-10(12)20(17)18)8-4-7(13)2-3-9(8)14;1-2/h2-4,10H,5-6H2,1H3,(H2,15,16);1-2H3. The summed E-state index contributed by atoms with van der Waals surface area (Å²) in [6.45, 7) is 4.44. The summed E-state index contributed by atoms with van der Waals surface area (Å²) in [5.41, 5.74) is 5.17. The molecule has 0 aliphatic carbocycles. The van der Waals surface area contributed by atoms with Crippen LogP contribution in [0.3, 0.4) is 0 Å². The molecule has 2 aliphatic heterocycles. The van der Waals surface area contributed by atoms with Gasteiger partial charge in [-0.2, -0.15) is 0 Å². The number of fused-ring (bicyclic) bond motifs is 1. The molecule has 3 rings (SSSR count). The van der Waals surface area contributed by atoms with Crippen molar-refractivity contribution in [3.05, 3.63) is 34.1 Å². The molecular formula is C14H19BrFN3O2S. The summed E-state index contributed by atoms with van der Waals surface area (Å²) < 4.78 is 34.3. The van der Waals surface area contributed by atoms with Gasteiger partial charge in [0.2, 0.25) is 5.96 Å². The molecule has 3 unspecified atom stereocenters. The third-order valence-corrected chi connectivity index (χ3v) is 5.90. The summed E-state index contributed by atoms with van der Waals surface area (Å²) in [4.78, 5) is 4.42. The highest BCUT2D eigenvalue weighted by Crippen LogP contribution is 2.42. The minimum absolute atomic E-state index is 0.129. The van der Waals surface area contributed by atoms with E-state index in [1.165, 1.54) is 10.4 Å². The fraction of sp³-hybridized carbons (Fsp3) is 0.500. The molecule has 0 amide bonds. The fourth-order valence-electron chi connectivity index (χ4n) is 2.58. The van der Waals surface area contributed by atoms with Crippen LogP contribution in [0.25, 0.3) is 0 Å². The third-order valence-electron chi connectivity index (χ3n) is 3.67. The lowest BCUT2D eigenvalue weighted by Gasteiger charge is -2.37. The van der Waals surface area contributed by atoms with Crippen molar-refractivity contribution in [1.29, 1.82) is 0 Å². The summed E-state index contributed by atoms with van der Waals surface area (Å²) in [5, 5.41) is -0.441. The maximum Gasteiger partial charge on any atom is 0.204 e. The number of nitrogens with zero attached hydrogens (tertiary/aromatic N) is 2. The van der Waals surface area contributed by atoms with Crippen LogP contribution in [0.1, 0.15) is 19.4 Å². The molecule has 2 heterocycles. The van der Waals surface area contributed by atoms with E-state index < -0.39 is 27.6 Å². The SMILES string of the molecule is CC.CN1C(N)=NC2(c3cc(Br)ccc3F)COCC2S1=O. The van der Waals surface area contributed by atoms with Crippen molar-refractivity contribution in [2.45, 2.75) is 24.6 Å². The van der Waals surface area contributed by atoms with E-state index in [-0.39, 0.29) is 19.2 Å². The minimum atomic E-state index is -1.40. The third kappa shape index (κ3) is 2.68. The summed E-state index contributed by atoms with van der Waals surface area (Å²) in [5.74, 6) is -0.272. The molecule has 1 saturated heterocycles. The van der Waals surface area contributed by atoms with Crippen LogP contribution in [0.15, 0.2) is 27.7 Å². The first kappa shape index (κ1) is 17.4. The molecule has 1 fully saturated rings. The minimum Gasteiger partial charge on any atom is -0.377 e. The van der Waals surface area contributed by atoms with Crippen LogP contribution in [0.5, 0.6) is 0 Å². The predicted molar refractivity (Wildman–Crippen MR) is 89.3 cm³/mol. The molecular weight excluding hydrogens is 373 g/mol. The average Bonchev–Trinajstić information content (AvgIpc) is 2.94. The van der Waals surface area contributed by atoms with Gasteiger partial charge in [0.15, 0.2) is 0 Å². The molecule has 2 aliphatic rings. The van der Waals surface area contributed by atoms with Crippen LogP contribution in [0.4, 0.5) is 4.39 Å². The van der Waals surface area contributed by atoms with Gasteiger partial charge in [0, 0.05) is 17.1 Å². The van der Waals surface area contributed by atoms with Gasteiger partial charge in [-0.05, 0) is 18.2 Å². The molecule has 1 aromatic rings. The number of aliphatic imine (C=N–C) groups is 1. The summed E-state index contributed by atoms with van der Waals surface area (Å²) in [7, 11) is 0.201. The Morgan fingerprint density at radius 2 is 2.23 bits per heavy atom. The summed E-state index contributed by atoms with van der Waals surface area (Å²) >= 11 is 3.33. The molecule has 0 spiro atoms. The van der Waals surface area contributed by atoms with Gasteiger partial charge in [-0.15, -0.1) is 0 Å². The number of rotatable bonds is 1. The largest absolute Gasteiger partial charge is 0.377 e. The maximum atomic E-state index is 14.2.